The van der Waals surface area contributed by atoms with Crippen molar-refractivity contribution in [1.82, 2.24) is 9.80 Å². The lowest BCUT2D eigenvalue weighted by Gasteiger charge is -2.26. The molecule has 15 heavy (non-hydrogen) atoms. The predicted octanol–water partition coefficient (Wildman–Crippen LogP) is 0.927. The summed E-state index contributed by atoms with van der Waals surface area (Å²) in [6, 6.07) is 0.775. The van der Waals surface area contributed by atoms with Crippen molar-refractivity contribution in [3.05, 3.63) is 0 Å². The van der Waals surface area contributed by atoms with Gasteiger partial charge in [-0.25, -0.2) is 0 Å². The highest BCUT2D eigenvalue weighted by Crippen LogP contribution is 2.21. The van der Waals surface area contributed by atoms with Crippen molar-refractivity contribution in [2.24, 2.45) is 0 Å². The van der Waals surface area contributed by atoms with E-state index in [4.69, 9.17) is 0 Å². The SMILES string of the molecule is CCC(O)CN1CCCN2CCCC2C1. The molecule has 0 spiro atoms. The standard InChI is InChI=1S/C12H24N2O/c1-2-12(15)10-13-6-4-8-14-7-3-5-11(14)9-13/h11-12,15H,2-10H2,1H3. The molecule has 0 aromatic carbocycles. The Morgan fingerprint density at radius 1 is 1.27 bits per heavy atom. The maximum atomic E-state index is 9.69. The zero-order valence-corrected chi connectivity index (χ0v) is 9.86. The fourth-order valence-electron chi connectivity index (χ4n) is 2.88. The molecule has 2 aliphatic rings. The second-order valence-electron chi connectivity index (χ2n) is 5.01. The molecule has 88 valence electrons. The number of nitrogens with zero attached hydrogens (tertiary/aromatic N) is 2. The Bertz CT molecular complexity index is 198. The number of fused-ring (bicyclic) bond motifs is 1. The van der Waals surface area contributed by atoms with Crippen LogP contribution in [0.4, 0.5) is 0 Å². The molecule has 1 N–H and O–H groups in total. The van der Waals surface area contributed by atoms with Crippen molar-refractivity contribution in [2.45, 2.75) is 44.8 Å². The molecular weight excluding hydrogens is 188 g/mol. The zero-order chi connectivity index (χ0) is 10.7. The summed E-state index contributed by atoms with van der Waals surface area (Å²) in [7, 11) is 0. The molecule has 3 heteroatoms. The fraction of sp³-hybridized carbons (Fsp3) is 1.00. The quantitative estimate of drug-likeness (QED) is 0.754. The van der Waals surface area contributed by atoms with Gasteiger partial charge in [-0.2, -0.15) is 0 Å². The Hall–Kier alpha value is -0.120. The van der Waals surface area contributed by atoms with Gasteiger partial charge in [-0.15, -0.1) is 0 Å². The first-order valence-electron chi connectivity index (χ1n) is 6.44. The summed E-state index contributed by atoms with van der Waals surface area (Å²) in [4.78, 5) is 5.10. The molecule has 0 aromatic rings. The third kappa shape index (κ3) is 2.92. The number of rotatable bonds is 3. The van der Waals surface area contributed by atoms with E-state index in [0.29, 0.717) is 0 Å². The third-order valence-electron chi connectivity index (χ3n) is 3.83. The highest BCUT2D eigenvalue weighted by atomic mass is 16.3. The molecule has 2 atom stereocenters. The second-order valence-corrected chi connectivity index (χ2v) is 5.01. The van der Waals surface area contributed by atoms with Crippen molar-refractivity contribution in [1.29, 1.82) is 0 Å². The van der Waals surface area contributed by atoms with E-state index in [-0.39, 0.29) is 6.10 Å². The summed E-state index contributed by atoms with van der Waals surface area (Å²) in [6.45, 7) is 7.85. The van der Waals surface area contributed by atoms with Crippen LogP contribution in [-0.4, -0.2) is 59.8 Å². The van der Waals surface area contributed by atoms with Crippen LogP contribution in [0.3, 0.4) is 0 Å². The fourth-order valence-corrected chi connectivity index (χ4v) is 2.88. The molecular formula is C12H24N2O. The van der Waals surface area contributed by atoms with Gasteiger partial charge in [-0.05, 0) is 45.3 Å². The number of aliphatic hydroxyl groups excluding tert-OH is 1. The maximum Gasteiger partial charge on any atom is 0.0664 e. The van der Waals surface area contributed by atoms with Crippen LogP contribution < -0.4 is 0 Å². The van der Waals surface area contributed by atoms with E-state index in [1.165, 1.54) is 45.4 Å². The highest BCUT2D eigenvalue weighted by Gasteiger charge is 2.28. The second kappa shape index (κ2) is 5.28. The third-order valence-corrected chi connectivity index (χ3v) is 3.83. The number of hydrogen-bond donors (Lipinski definition) is 1. The highest BCUT2D eigenvalue weighted by molar-refractivity contribution is 4.85. The van der Waals surface area contributed by atoms with E-state index in [0.717, 1.165) is 19.0 Å². The monoisotopic (exact) mass is 212 g/mol. The van der Waals surface area contributed by atoms with Crippen molar-refractivity contribution in [3.8, 4) is 0 Å². The van der Waals surface area contributed by atoms with Crippen molar-refractivity contribution in [2.75, 3.05) is 32.7 Å². The molecule has 2 heterocycles. The number of hydrogen-bond acceptors (Lipinski definition) is 3. The van der Waals surface area contributed by atoms with E-state index >= 15 is 0 Å². The molecule has 3 nitrogen and oxygen atoms in total. The van der Waals surface area contributed by atoms with Crippen LogP contribution >= 0.6 is 0 Å². The van der Waals surface area contributed by atoms with Crippen molar-refractivity contribution in [3.63, 3.8) is 0 Å². The van der Waals surface area contributed by atoms with Crippen LogP contribution in [0.5, 0.6) is 0 Å². The summed E-state index contributed by atoms with van der Waals surface area (Å²) in [5.74, 6) is 0. The Balaban J connectivity index is 1.85. The lowest BCUT2D eigenvalue weighted by molar-refractivity contribution is 0.104. The van der Waals surface area contributed by atoms with E-state index in [2.05, 4.69) is 16.7 Å². The molecule has 0 aliphatic carbocycles. The number of aliphatic hydroxyl groups is 1. The molecule has 2 rings (SSSR count). The lowest BCUT2D eigenvalue weighted by atomic mass is 10.2. The van der Waals surface area contributed by atoms with Gasteiger partial charge >= 0.3 is 0 Å². The molecule has 2 fully saturated rings. The van der Waals surface area contributed by atoms with Gasteiger partial charge < -0.3 is 5.11 Å². The van der Waals surface area contributed by atoms with E-state index in [9.17, 15) is 5.11 Å². The first-order valence-corrected chi connectivity index (χ1v) is 6.44. The van der Waals surface area contributed by atoms with E-state index in [1.807, 2.05) is 0 Å². The van der Waals surface area contributed by atoms with Gasteiger partial charge in [0, 0.05) is 19.1 Å². The molecule has 2 aliphatic heterocycles. The van der Waals surface area contributed by atoms with Gasteiger partial charge in [-0.1, -0.05) is 6.92 Å². The molecule has 2 unspecified atom stereocenters. The average molecular weight is 212 g/mol. The first kappa shape index (κ1) is 11.4. The number of β-amino-alcohol motifs (C(OH)–C–C–N with tert-alkyl or cyclic N) is 1. The van der Waals surface area contributed by atoms with Crippen molar-refractivity contribution >= 4 is 0 Å². The van der Waals surface area contributed by atoms with Crippen LogP contribution in [0.15, 0.2) is 0 Å². The largest absolute Gasteiger partial charge is 0.392 e. The van der Waals surface area contributed by atoms with Gasteiger partial charge in [0.25, 0.3) is 0 Å². The maximum absolute atomic E-state index is 9.69. The van der Waals surface area contributed by atoms with Gasteiger partial charge in [0.2, 0.25) is 0 Å². The minimum Gasteiger partial charge on any atom is -0.392 e. The molecule has 0 radical (unpaired) electrons. The summed E-state index contributed by atoms with van der Waals surface area (Å²) in [5, 5.41) is 9.69. The van der Waals surface area contributed by atoms with E-state index < -0.39 is 0 Å². The summed E-state index contributed by atoms with van der Waals surface area (Å²) >= 11 is 0. The van der Waals surface area contributed by atoms with Crippen LogP contribution in [0.2, 0.25) is 0 Å². The minimum absolute atomic E-state index is 0.127. The Morgan fingerprint density at radius 2 is 2.07 bits per heavy atom. The topological polar surface area (TPSA) is 26.7 Å². The lowest BCUT2D eigenvalue weighted by Crippen LogP contribution is -2.39. The average Bonchev–Trinajstić information content (AvgIpc) is 2.58. The molecule has 0 bridgehead atoms. The zero-order valence-electron chi connectivity index (χ0n) is 9.86. The molecule has 0 aromatic heterocycles. The van der Waals surface area contributed by atoms with Crippen LogP contribution in [0.1, 0.15) is 32.6 Å². The minimum atomic E-state index is -0.127. The van der Waals surface area contributed by atoms with Gasteiger partial charge in [0.15, 0.2) is 0 Å². The van der Waals surface area contributed by atoms with E-state index in [1.54, 1.807) is 0 Å². The summed E-state index contributed by atoms with van der Waals surface area (Å²) in [6.07, 6.45) is 4.75. The summed E-state index contributed by atoms with van der Waals surface area (Å²) < 4.78 is 0. The normalized spacial score (nSPS) is 31.2. The predicted molar refractivity (Wildman–Crippen MR) is 61.9 cm³/mol. The molecule has 2 saturated heterocycles. The molecule has 0 amide bonds. The van der Waals surface area contributed by atoms with Crippen LogP contribution in [-0.2, 0) is 0 Å². The Morgan fingerprint density at radius 3 is 2.87 bits per heavy atom. The van der Waals surface area contributed by atoms with Gasteiger partial charge in [0.05, 0.1) is 6.10 Å². The van der Waals surface area contributed by atoms with Crippen LogP contribution in [0.25, 0.3) is 0 Å². The molecule has 0 saturated carbocycles. The smallest absolute Gasteiger partial charge is 0.0664 e. The van der Waals surface area contributed by atoms with Gasteiger partial charge in [0.1, 0.15) is 0 Å². The summed E-state index contributed by atoms with van der Waals surface area (Å²) in [5.41, 5.74) is 0. The Labute approximate surface area is 93.1 Å². The van der Waals surface area contributed by atoms with Crippen LogP contribution in [0, 0.1) is 0 Å². The van der Waals surface area contributed by atoms with Gasteiger partial charge in [-0.3, -0.25) is 9.80 Å². The van der Waals surface area contributed by atoms with Crippen molar-refractivity contribution < 1.29 is 5.11 Å². The Kier molecular flexibility index (Phi) is 4.00. The first-order chi connectivity index (χ1) is 7.29.